The average Bonchev–Trinajstić information content (AvgIpc) is 2.89. The lowest BCUT2D eigenvalue weighted by molar-refractivity contribution is 0.0864. The van der Waals surface area contributed by atoms with Crippen LogP contribution in [-0.4, -0.2) is 33.1 Å². The molecule has 0 unspecified atom stereocenters. The molecule has 5 nitrogen and oxygen atoms in total. The van der Waals surface area contributed by atoms with Gasteiger partial charge in [-0.1, -0.05) is 11.3 Å². The van der Waals surface area contributed by atoms with Gasteiger partial charge in [0, 0.05) is 6.04 Å². The Morgan fingerprint density at radius 2 is 2.21 bits per heavy atom. The summed E-state index contributed by atoms with van der Waals surface area (Å²) in [6.45, 7) is 0. The Morgan fingerprint density at radius 3 is 2.89 bits per heavy atom. The molecule has 19 heavy (non-hydrogen) atoms. The van der Waals surface area contributed by atoms with E-state index in [1.54, 1.807) is 6.07 Å². The van der Waals surface area contributed by atoms with Crippen molar-refractivity contribution in [3.05, 3.63) is 15.7 Å². The fourth-order valence-corrected chi connectivity index (χ4v) is 3.75. The Morgan fingerprint density at radius 1 is 1.47 bits per heavy atom. The number of hydrogen-bond acceptors (Lipinski definition) is 4. The summed E-state index contributed by atoms with van der Waals surface area (Å²) in [5, 5.41) is 12.4. The van der Waals surface area contributed by atoms with E-state index in [0.717, 1.165) is 39.9 Å². The number of nitrogens with one attached hydrogen (secondary N) is 2. The summed E-state index contributed by atoms with van der Waals surface area (Å²) in [4.78, 5) is 20.3. The van der Waals surface area contributed by atoms with Crippen molar-refractivity contribution in [2.45, 2.75) is 37.8 Å². The van der Waals surface area contributed by atoms with Crippen LogP contribution in [-0.2, 0) is 0 Å². The number of aliphatic hydroxyl groups excluding tert-OH is 1. The Labute approximate surface area is 122 Å². The molecule has 0 radical (unpaired) electrons. The van der Waals surface area contributed by atoms with E-state index in [2.05, 4.69) is 31.2 Å². The minimum Gasteiger partial charge on any atom is -0.393 e. The van der Waals surface area contributed by atoms with Crippen molar-refractivity contribution in [2.24, 2.45) is 0 Å². The molecule has 0 atom stereocenters. The first-order valence-corrected chi connectivity index (χ1v) is 7.87. The number of aromatic nitrogens is 2. The molecule has 102 valence electrons. The molecule has 7 heteroatoms. The molecule has 0 aromatic carbocycles. The highest BCUT2D eigenvalue weighted by molar-refractivity contribution is 9.11. The van der Waals surface area contributed by atoms with Crippen LogP contribution in [0.4, 0.5) is 0 Å². The summed E-state index contributed by atoms with van der Waals surface area (Å²) in [6, 6.07) is 1.93. The van der Waals surface area contributed by atoms with Crippen LogP contribution in [0, 0.1) is 0 Å². The van der Waals surface area contributed by atoms with E-state index in [1.165, 1.54) is 11.3 Å². The van der Waals surface area contributed by atoms with Crippen molar-refractivity contribution < 1.29 is 9.90 Å². The first-order chi connectivity index (χ1) is 9.11. The monoisotopic (exact) mass is 343 g/mol. The number of rotatable bonds is 2. The molecule has 1 aliphatic carbocycles. The Bertz CT molecular complexity index is 570. The molecule has 0 bridgehead atoms. The van der Waals surface area contributed by atoms with Crippen LogP contribution in [0.2, 0.25) is 0 Å². The number of carbonyl (C=O) groups is 1. The molecule has 0 saturated heterocycles. The molecule has 1 amide bonds. The average molecular weight is 344 g/mol. The minimum absolute atomic E-state index is 0.0947. The van der Waals surface area contributed by atoms with Crippen molar-refractivity contribution in [2.75, 3.05) is 0 Å². The van der Waals surface area contributed by atoms with Crippen LogP contribution in [0.25, 0.3) is 10.3 Å². The lowest BCUT2D eigenvalue weighted by Gasteiger charge is -2.25. The zero-order valence-corrected chi connectivity index (χ0v) is 12.6. The summed E-state index contributed by atoms with van der Waals surface area (Å²) in [7, 11) is 0. The van der Waals surface area contributed by atoms with Gasteiger partial charge in [0.15, 0.2) is 3.92 Å². The van der Waals surface area contributed by atoms with Crippen molar-refractivity contribution in [1.29, 1.82) is 0 Å². The zero-order valence-electron chi connectivity index (χ0n) is 10.1. The summed E-state index contributed by atoms with van der Waals surface area (Å²) in [5.74, 6) is -0.0947. The number of halogens is 1. The SMILES string of the molecule is O=C(NC1CCC(O)CC1)c1cc2nc(Br)sc2[nH]1. The number of hydrogen-bond donors (Lipinski definition) is 3. The van der Waals surface area contributed by atoms with Gasteiger partial charge in [0.1, 0.15) is 16.0 Å². The van der Waals surface area contributed by atoms with Gasteiger partial charge < -0.3 is 15.4 Å². The Balaban J connectivity index is 1.67. The molecule has 0 aliphatic heterocycles. The van der Waals surface area contributed by atoms with Crippen molar-refractivity contribution in [3.63, 3.8) is 0 Å². The lowest BCUT2D eigenvalue weighted by atomic mass is 9.93. The second-order valence-corrected chi connectivity index (χ2v) is 7.12. The van der Waals surface area contributed by atoms with Crippen LogP contribution < -0.4 is 5.32 Å². The third-order valence-electron chi connectivity index (χ3n) is 3.43. The number of aliphatic hydroxyl groups is 1. The van der Waals surface area contributed by atoms with Gasteiger partial charge in [0.25, 0.3) is 5.91 Å². The number of carbonyl (C=O) groups excluding carboxylic acids is 1. The predicted octanol–water partition coefficient (Wildman–Crippen LogP) is 2.42. The number of thiazole rings is 1. The molecule has 2 aromatic rings. The van der Waals surface area contributed by atoms with Crippen LogP contribution >= 0.6 is 27.3 Å². The standard InChI is InChI=1S/C12H14BrN3O2S/c13-12-16-9-5-8(15-11(9)19-12)10(18)14-6-1-3-7(17)4-2-6/h5-7,15,17H,1-4H2,(H,14,18). The Kier molecular flexibility index (Phi) is 3.60. The van der Waals surface area contributed by atoms with Crippen LogP contribution in [0.1, 0.15) is 36.2 Å². The second-order valence-electron chi connectivity index (χ2n) is 4.84. The van der Waals surface area contributed by atoms with Gasteiger partial charge >= 0.3 is 0 Å². The fourth-order valence-electron chi connectivity index (χ4n) is 2.39. The molecule has 1 aliphatic rings. The molecular weight excluding hydrogens is 330 g/mol. The van der Waals surface area contributed by atoms with Crippen LogP contribution in [0.3, 0.4) is 0 Å². The second kappa shape index (κ2) is 5.22. The smallest absolute Gasteiger partial charge is 0.268 e. The van der Waals surface area contributed by atoms with Gasteiger partial charge in [0.05, 0.1) is 6.10 Å². The quantitative estimate of drug-likeness (QED) is 0.783. The summed E-state index contributed by atoms with van der Waals surface area (Å²) >= 11 is 4.79. The molecular formula is C12H14BrN3O2S. The van der Waals surface area contributed by atoms with Crippen molar-refractivity contribution in [1.82, 2.24) is 15.3 Å². The van der Waals surface area contributed by atoms with Crippen LogP contribution in [0.5, 0.6) is 0 Å². The molecule has 3 rings (SSSR count). The normalized spacial score (nSPS) is 23.7. The molecule has 2 heterocycles. The highest BCUT2D eigenvalue weighted by atomic mass is 79.9. The van der Waals surface area contributed by atoms with E-state index in [-0.39, 0.29) is 18.1 Å². The molecule has 1 fully saturated rings. The first-order valence-electron chi connectivity index (χ1n) is 6.26. The van der Waals surface area contributed by atoms with Crippen molar-refractivity contribution >= 4 is 43.5 Å². The number of H-pyrrole nitrogens is 1. The summed E-state index contributed by atoms with van der Waals surface area (Å²) in [5.41, 5.74) is 1.36. The lowest BCUT2D eigenvalue weighted by Crippen LogP contribution is -2.38. The predicted molar refractivity (Wildman–Crippen MR) is 77.4 cm³/mol. The van der Waals surface area contributed by atoms with E-state index >= 15 is 0 Å². The minimum atomic E-state index is -0.203. The summed E-state index contributed by atoms with van der Waals surface area (Å²) < 4.78 is 0.807. The highest BCUT2D eigenvalue weighted by Crippen LogP contribution is 2.26. The molecule has 2 aromatic heterocycles. The fraction of sp³-hybridized carbons (Fsp3) is 0.500. The molecule has 1 saturated carbocycles. The van der Waals surface area contributed by atoms with Gasteiger partial charge in [-0.3, -0.25) is 4.79 Å². The number of aromatic amines is 1. The van der Waals surface area contributed by atoms with E-state index in [9.17, 15) is 9.90 Å². The third kappa shape index (κ3) is 2.82. The third-order valence-corrected chi connectivity index (χ3v) is 4.87. The van der Waals surface area contributed by atoms with Gasteiger partial charge in [0.2, 0.25) is 0 Å². The number of amides is 1. The largest absolute Gasteiger partial charge is 0.393 e. The maximum absolute atomic E-state index is 12.1. The van der Waals surface area contributed by atoms with Gasteiger partial charge in [-0.15, -0.1) is 0 Å². The maximum atomic E-state index is 12.1. The summed E-state index contributed by atoms with van der Waals surface area (Å²) in [6.07, 6.45) is 3.00. The van der Waals surface area contributed by atoms with Gasteiger partial charge in [-0.25, -0.2) is 4.98 Å². The highest BCUT2D eigenvalue weighted by Gasteiger charge is 2.22. The molecule has 0 spiro atoms. The Hall–Kier alpha value is -0.920. The van der Waals surface area contributed by atoms with E-state index < -0.39 is 0 Å². The van der Waals surface area contributed by atoms with Gasteiger partial charge in [-0.2, -0.15) is 0 Å². The maximum Gasteiger partial charge on any atom is 0.268 e. The zero-order chi connectivity index (χ0) is 13.4. The van der Waals surface area contributed by atoms with E-state index in [4.69, 9.17) is 0 Å². The van der Waals surface area contributed by atoms with Crippen LogP contribution in [0.15, 0.2) is 9.98 Å². The van der Waals surface area contributed by atoms with Gasteiger partial charge in [-0.05, 0) is 47.7 Å². The first kappa shape index (κ1) is 13.1. The van der Waals surface area contributed by atoms with E-state index in [0.29, 0.717) is 5.69 Å². The topological polar surface area (TPSA) is 78.0 Å². The number of fused-ring (bicyclic) bond motifs is 1. The molecule has 3 N–H and O–H groups in total. The van der Waals surface area contributed by atoms with Crippen molar-refractivity contribution in [3.8, 4) is 0 Å². The van der Waals surface area contributed by atoms with E-state index in [1.807, 2.05) is 0 Å². The number of nitrogens with zero attached hydrogens (tertiary/aromatic N) is 1.